The van der Waals surface area contributed by atoms with Crippen molar-refractivity contribution >= 4 is 10.0 Å². The summed E-state index contributed by atoms with van der Waals surface area (Å²) in [6.07, 6.45) is 5.63. The average Bonchev–Trinajstić information content (AvgIpc) is 2.53. The Morgan fingerprint density at radius 3 is 2.50 bits per heavy atom. The van der Waals surface area contributed by atoms with E-state index < -0.39 is 22.7 Å². The van der Waals surface area contributed by atoms with Gasteiger partial charge in [0, 0.05) is 5.56 Å². The van der Waals surface area contributed by atoms with Gasteiger partial charge in [0.05, 0.1) is 11.8 Å². The van der Waals surface area contributed by atoms with E-state index in [1.165, 1.54) is 12.5 Å². The number of nitrogens with one attached hydrogen (secondary N) is 1. The van der Waals surface area contributed by atoms with Gasteiger partial charge in [-0.1, -0.05) is 44.4 Å². The molecule has 1 aliphatic rings. The van der Waals surface area contributed by atoms with Crippen LogP contribution < -0.4 is 9.46 Å². The van der Waals surface area contributed by atoms with Crippen LogP contribution in [0.15, 0.2) is 24.3 Å². The molecule has 136 valence electrons. The van der Waals surface area contributed by atoms with E-state index in [0.717, 1.165) is 25.7 Å². The lowest BCUT2D eigenvalue weighted by Gasteiger charge is -2.24. The fourth-order valence-corrected chi connectivity index (χ4v) is 5.04. The summed E-state index contributed by atoms with van der Waals surface area (Å²) < 4.78 is 57.2. The zero-order valence-corrected chi connectivity index (χ0v) is 14.7. The van der Waals surface area contributed by atoms with Crippen molar-refractivity contribution in [2.45, 2.75) is 58.1 Å². The van der Waals surface area contributed by atoms with Crippen molar-refractivity contribution in [3.63, 3.8) is 0 Å². The van der Waals surface area contributed by atoms with E-state index in [4.69, 9.17) is 0 Å². The number of rotatable bonds is 8. The predicted octanol–water partition coefficient (Wildman–Crippen LogP) is 4.24. The zero-order chi connectivity index (χ0) is 17.6. The standard InChI is InChI=1S/C17H25F2NO3S/c1-2-15(14-10-6-7-11-16(14)23-17(18)19)20-24(21,22)12-13-8-4-3-5-9-13/h6-7,10-11,13,15,17,20H,2-5,8-9,12H2,1H3/t15-/m0/s1. The fraction of sp³-hybridized carbons (Fsp3) is 0.647. The maximum Gasteiger partial charge on any atom is 0.387 e. The molecule has 1 saturated carbocycles. The molecule has 4 nitrogen and oxygen atoms in total. The van der Waals surface area contributed by atoms with E-state index in [-0.39, 0.29) is 17.4 Å². The molecule has 1 aromatic rings. The van der Waals surface area contributed by atoms with Crippen LogP contribution in [0.4, 0.5) is 8.78 Å². The van der Waals surface area contributed by atoms with Gasteiger partial charge in [0.25, 0.3) is 0 Å². The number of halogens is 2. The quantitative estimate of drug-likeness (QED) is 0.753. The van der Waals surface area contributed by atoms with Crippen LogP contribution in [0.1, 0.15) is 57.1 Å². The van der Waals surface area contributed by atoms with Crippen LogP contribution >= 0.6 is 0 Å². The molecule has 0 spiro atoms. The Balaban J connectivity index is 2.10. The molecule has 1 aliphatic carbocycles. The first-order valence-electron chi connectivity index (χ1n) is 8.45. The number of ether oxygens (including phenoxy) is 1. The highest BCUT2D eigenvalue weighted by Gasteiger charge is 2.25. The summed E-state index contributed by atoms with van der Waals surface area (Å²) in [5.41, 5.74) is 0.438. The van der Waals surface area contributed by atoms with Crippen LogP contribution in [0.5, 0.6) is 5.75 Å². The van der Waals surface area contributed by atoms with Gasteiger partial charge in [0.2, 0.25) is 10.0 Å². The van der Waals surface area contributed by atoms with Crippen molar-refractivity contribution < 1.29 is 21.9 Å². The van der Waals surface area contributed by atoms with Crippen LogP contribution in [-0.4, -0.2) is 20.8 Å². The second-order valence-electron chi connectivity index (χ2n) is 6.28. The Bertz CT molecular complexity index is 616. The van der Waals surface area contributed by atoms with Crippen molar-refractivity contribution in [3.05, 3.63) is 29.8 Å². The van der Waals surface area contributed by atoms with Gasteiger partial charge in [-0.15, -0.1) is 0 Å². The first kappa shape index (κ1) is 19.1. The van der Waals surface area contributed by atoms with Crippen molar-refractivity contribution in [1.82, 2.24) is 4.72 Å². The number of hydrogen-bond acceptors (Lipinski definition) is 3. The summed E-state index contributed by atoms with van der Waals surface area (Å²) in [4.78, 5) is 0. The molecular formula is C17H25F2NO3S. The van der Waals surface area contributed by atoms with Crippen LogP contribution in [0.25, 0.3) is 0 Å². The van der Waals surface area contributed by atoms with Crippen LogP contribution in [0, 0.1) is 5.92 Å². The van der Waals surface area contributed by atoms with Gasteiger partial charge in [-0.05, 0) is 31.2 Å². The number of benzene rings is 1. The van der Waals surface area contributed by atoms with Gasteiger partial charge in [0.1, 0.15) is 5.75 Å². The molecule has 0 aromatic heterocycles. The minimum Gasteiger partial charge on any atom is -0.434 e. The minimum atomic E-state index is -3.48. The molecule has 0 bridgehead atoms. The first-order chi connectivity index (χ1) is 11.4. The topological polar surface area (TPSA) is 55.4 Å². The summed E-state index contributed by atoms with van der Waals surface area (Å²) in [5, 5.41) is 0. The molecule has 1 aromatic carbocycles. The smallest absolute Gasteiger partial charge is 0.387 e. The van der Waals surface area contributed by atoms with Crippen molar-refractivity contribution in [3.8, 4) is 5.75 Å². The summed E-state index contributed by atoms with van der Waals surface area (Å²) in [7, 11) is -3.48. The maximum atomic E-state index is 12.6. The average molecular weight is 361 g/mol. The minimum absolute atomic E-state index is 0.0136. The Morgan fingerprint density at radius 1 is 1.21 bits per heavy atom. The van der Waals surface area contributed by atoms with E-state index in [9.17, 15) is 17.2 Å². The Hall–Kier alpha value is -1.21. The molecule has 1 N–H and O–H groups in total. The van der Waals surface area contributed by atoms with Crippen LogP contribution in [0.3, 0.4) is 0 Å². The summed E-state index contributed by atoms with van der Waals surface area (Å²) in [5.74, 6) is 0.294. The van der Waals surface area contributed by atoms with Gasteiger partial charge in [-0.3, -0.25) is 0 Å². The molecule has 0 unspecified atom stereocenters. The molecular weight excluding hydrogens is 336 g/mol. The molecule has 0 aliphatic heterocycles. The van der Waals surface area contributed by atoms with E-state index in [2.05, 4.69) is 9.46 Å². The van der Waals surface area contributed by atoms with Gasteiger partial charge in [-0.2, -0.15) is 8.78 Å². The molecule has 0 radical (unpaired) electrons. The Labute approximate surface area is 142 Å². The lowest BCUT2D eigenvalue weighted by atomic mass is 9.91. The Morgan fingerprint density at radius 2 is 1.88 bits per heavy atom. The summed E-state index contributed by atoms with van der Waals surface area (Å²) in [6, 6.07) is 5.75. The van der Waals surface area contributed by atoms with Crippen molar-refractivity contribution in [2.24, 2.45) is 5.92 Å². The highest BCUT2D eigenvalue weighted by Crippen LogP contribution is 2.30. The molecule has 7 heteroatoms. The molecule has 0 heterocycles. The fourth-order valence-electron chi connectivity index (χ4n) is 3.27. The van der Waals surface area contributed by atoms with E-state index >= 15 is 0 Å². The molecule has 1 fully saturated rings. The van der Waals surface area contributed by atoms with Crippen molar-refractivity contribution in [2.75, 3.05) is 5.75 Å². The lowest BCUT2D eigenvalue weighted by molar-refractivity contribution is -0.0506. The van der Waals surface area contributed by atoms with E-state index in [0.29, 0.717) is 12.0 Å². The predicted molar refractivity (Wildman–Crippen MR) is 89.6 cm³/mol. The largest absolute Gasteiger partial charge is 0.434 e. The van der Waals surface area contributed by atoms with Gasteiger partial charge >= 0.3 is 6.61 Å². The lowest BCUT2D eigenvalue weighted by Crippen LogP contribution is -2.33. The SMILES string of the molecule is CC[C@H](NS(=O)(=O)CC1CCCCC1)c1ccccc1OC(F)F. The van der Waals surface area contributed by atoms with Gasteiger partial charge in [0.15, 0.2) is 0 Å². The van der Waals surface area contributed by atoms with Gasteiger partial charge in [-0.25, -0.2) is 13.1 Å². The molecule has 2 rings (SSSR count). The van der Waals surface area contributed by atoms with Crippen LogP contribution in [-0.2, 0) is 10.0 Å². The molecule has 0 amide bonds. The maximum absolute atomic E-state index is 12.6. The van der Waals surface area contributed by atoms with E-state index in [1.54, 1.807) is 18.2 Å². The third-order valence-corrected chi connectivity index (χ3v) is 5.97. The monoisotopic (exact) mass is 361 g/mol. The molecule has 24 heavy (non-hydrogen) atoms. The van der Waals surface area contributed by atoms with Crippen LogP contribution in [0.2, 0.25) is 0 Å². The zero-order valence-electron chi connectivity index (χ0n) is 13.9. The van der Waals surface area contributed by atoms with Crippen molar-refractivity contribution in [1.29, 1.82) is 0 Å². The summed E-state index contributed by atoms with van der Waals surface area (Å²) in [6.45, 7) is -1.13. The van der Waals surface area contributed by atoms with Gasteiger partial charge < -0.3 is 4.74 Å². The molecule has 0 saturated heterocycles. The summed E-state index contributed by atoms with van der Waals surface area (Å²) >= 11 is 0. The first-order valence-corrected chi connectivity index (χ1v) is 10.1. The highest BCUT2D eigenvalue weighted by atomic mass is 32.2. The number of hydrogen-bond donors (Lipinski definition) is 1. The van der Waals surface area contributed by atoms with E-state index in [1.807, 2.05) is 6.92 Å². The number of sulfonamides is 1. The third-order valence-electron chi connectivity index (χ3n) is 4.42. The number of alkyl halides is 2. The highest BCUT2D eigenvalue weighted by molar-refractivity contribution is 7.89. The second-order valence-corrected chi connectivity index (χ2v) is 8.08. The molecule has 1 atom stereocenters. The second kappa shape index (κ2) is 8.76. The Kier molecular flexibility index (Phi) is 6.98. The number of para-hydroxylation sites is 1. The normalized spacial score (nSPS) is 17.8. The third kappa shape index (κ3) is 5.70.